The van der Waals surface area contributed by atoms with Gasteiger partial charge in [-0.25, -0.2) is 8.42 Å². The van der Waals surface area contributed by atoms with E-state index in [1.54, 1.807) is 48.5 Å². The summed E-state index contributed by atoms with van der Waals surface area (Å²) in [5.41, 5.74) is -0.624. The van der Waals surface area contributed by atoms with Gasteiger partial charge in [-0.15, -0.1) is 0 Å². The molecule has 0 saturated carbocycles. The van der Waals surface area contributed by atoms with Gasteiger partial charge in [0.1, 0.15) is 12.6 Å². The summed E-state index contributed by atoms with van der Waals surface area (Å²) < 4.78 is 70.6. The molecule has 0 unspecified atom stereocenters. The fourth-order valence-electron chi connectivity index (χ4n) is 5.03. The second-order valence-corrected chi connectivity index (χ2v) is 14.2. The number of benzene rings is 4. The lowest BCUT2D eigenvalue weighted by molar-refractivity contribution is -0.140. The molecule has 14 heteroatoms. The van der Waals surface area contributed by atoms with Gasteiger partial charge in [-0.05, 0) is 60.0 Å². The number of amides is 2. The Hall–Kier alpha value is -3.77. The van der Waals surface area contributed by atoms with Crippen molar-refractivity contribution in [1.82, 2.24) is 10.2 Å². The zero-order valence-corrected chi connectivity index (χ0v) is 29.3. The first kappa shape index (κ1) is 38.0. The van der Waals surface area contributed by atoms with Gasteiger partial charge in [0.2, 0.25) is 11.8 Å². The quantitative estimate of drug-likeness (QED) is 0.131. The second kappa shape index (κ2) is 16.8. The lowest BCUT2D eigenvalue weighted by Crippen LogP contribution is -2.53. The van der Waals surface area contributed by atoms with Crippen molar-refractivity contribution in [2.24, 2.45) is 0 Å². The van der Waals surface area contributed by atoms with E-state index in [0.29, 0.717) is 39.5 Å². The average molecular weight is 755 g/mol. The zero-order chi connectivity index (χ0) is 35.8. The van der Waals surface area contributed by atoms with Crippen molar-refractivity contribution in [2.75, 3.05) is 17.4 Å². The molecule has 7 nitrogen and oxygen atoms in total. The number of carbonyl (C=O) groups is 2. The van der Waals surface area contributed by atoms with Crippen molar-refractivity contribution in [1.29, 1.82) is 0 Å². The summed E-state index contributed by atoms with van der Waals surface area (Å²) in [5.74, 6) is -1.38. The number of anilines is 1. The highest BCUT2D eigenvalue weighted by Gasteiger charge is 2.37. The minimum absolute atomic E-state index is 0.0420. The number of sulfonamides is 1. The second-order valence-electron chi connectivity index (χ2n) is 11.1. The van der Waals surface area contributed by atoms with Crippen LogP contribution in [-0.4, -0.2) is 44.3 Å². The van der Waals surface area contributed by atoms with Gasteiger partial charge < -0.3 is 10.2 Å². The predicted octanol–water partition coefficient (Wildman–Crippen LogP) is 8.42. The number of unbranched alkanes of at least 4 members (excludes halogenated alkanes) is 1. The zero-order valence-electron chi connectivity index (χ0n) is 26.3. The smallest absolute Gasteiger partial charge is 0.354 e. The Labute approximate surface area is 298 Å². The van der Waals surface area contributed by atoms with E-state index >= 15 is 0 Å². The topological polar surface area (TPSA) is 86.8 Å². The van der Waals surface area contributed by atoms with Crippen molar-refractivity contribution in [3.63, 3.8) is 0 Å². The monoisotopic (exact) mass is 753 g/mol. The fourth-order valence-corrected chi connectivity index (χ4v) is 7.15. The first-order valence-corrected chi connectivity index (χ1v) is 17.8. The standard InChI is InChI=1S/C35H33Cl3F3N3O4S/c1-2-3-18-42-34(46)32(19-24-10-6-4-7-11-24)43(22-25-14-15-26(36)20-31(25)38)33(45)23-44(49(47,48)28-12-8-5-9-13-28)27-16-17-30(37)29(21-27)35(39,40)41/h4-17,20-21,32H,2-3,18-19,22-23H2,1H3,(H,42,46)/t32-/m0/s1. The van der Waals surface area contributed by atoms with Crippen LogP contribution in [-0.2, 0) is 38.8 Å². The molecule has 0 spiro atoms. The summed E-state index contributed by atoms with van der Waals surface area (Å²) in [6, 6.07) is 21.9. The van der Waals surface area contributed by atoms with Crippen molar-refractivity contribution in [3.05, 3.63) is 129 Å². The summed E-state index contributed by atoms with van der Waals surface area (Å²) in [4.78, 5) is 29.3. The number of hydrogen-bond donors (Lipinski definition) is 1. The van der Waals surface area contributed by atoms with E-state index in [4.69, 9.17) is 34.8 Å². The highest BCUT2D eigenvalue weighted by molar-refractivity contribution is 7.92. The van der Waals surface area contributed by atoms with E-state index in [1.165, 1.54) is 35.2 Å². The SMILES string of the molecule is CCCCNC(=O)[C@H](Cc1ccccc1)N(Cc1ccc(Cl)cc1Cl)C(=O)CN(c1ccc(Cl)c(C(F)(F)F)c1)S(=O)(=O)c1ccccc1. The highest BCUT2D eigenvalue weighted by atomic mass is 35.5. The Bertz CT molecular complexity index is 1860. The van der Waals surface area contributed by atoms with Crippen molar-refractivity contribution < 1.29 is 31.2 Å². The Morgan fingerprint density at radius 3 is 2.12 bits per heavy atom. The number of halogens is 6. The maximum absolute atomic E-state index is 14.5. The summed E-state index contributed by atoms with van der Waals surface area (Å²) >= 11 is 18.5. The first-order valence-electron chi connectivity index (χ1n) is 15.2. The molecular formula is C35H33Cl3F3N3O4S. The van der Waals surface area contributed by atoms with Gasteiger partial charge >= 0.3 is 6.18 Å². The molecule has 1 atom stereocenters. The van der Waals surface area contributed by atoms with Crippen LogP contribution >= 0.6 is 34.8 Å². The highest BCUT2D eigenvalue weighted by Crippen LogP contribution is 2.38. The van der Waals surface area contributed by atoms with Crippen LogP contribution in [0.2, 0.25) is 15.1 Å². The van der Waals surface area contributed by atoms with Crippen LogP contribution in [0.3, 0.4) is 0 Å². The Morgan fingerprint density at radius 2 is 1.51 bits per heavy atom. The summed E-state index contributed by atoms with van der Waals surface area (Å²) in [6.45, 7) is 1.06. The number of nitrogens with zero attached hydrogens (tertiary/aromatic N) is 2. The number of nitrogens with one attached hydrogen (secondary N) is 1. The third-order valence-electron chi connectivity index (χ3n) is 7.61. The maximum atomic E-state index is 14.5. The Balaban J connectivity index is 1.86. The van der Waals surface area contributed by atoms with Gasteiger partial charge in [0, 0.05) is 29.6 Å². The van der Waals surface area contributed by atoms with Crippen LogP contribution in [0.5, 0.6) is 0 Å². The molecule has 0 aliphatic rings. The van der Waals surface area contributed by atoms with Crippen LogP contribution in [0, 0.1) is 0 Å². The molecule has 0 bridgehead atoms. The van der Waals surface area contributed by atoms with E-state index in [2.05, 4.69) is 5.32 Å². The minimum Gasteiger partial charge on any atom is -0.354 e. The molecule has 4 rings (SSSR count). The number of carbonyl (C=O) groups excluding carboxylic acids is 2. The number of alkyl halides is 3. The number of rotatable bonds is 14. The molecule has 0 fully saturated rings. The maximum Gasteiger partial charge on any atom is 0.417 e. The predicted molar refractivity (Wildman–Crippen MR) is 186 cm³/mol. The van der Waals surface area contributed by atoms with Crippen LogP contribution < -0.4 is 9.62 Å². The minimum atomic E-state index is -4.92. The number of hydrogen-bond acceptors (Lipinski definition) is 4. The fraction of sp³-hybridized carbons (Fsp3) is 0.257. The Kier molecular flexibility index (Phi) is 13.0. The third kappa shape index (κ3) is 9.91. The van der Waals surface area contributed by atoms with Gasteiger partial charge in [-0.1, -0.05) is 103 Å². The van der Waals surface area contributed by atoms with Crippen molar-refractivity contribution in [3.8, 4) is 0 Å². The van der Waals surface area contributed by atoms with E-state index < -0.39 is 56.9 Å². The molecule has 4 aromatic carbocycles. The molecule has 2 amide bonds. The van der Waals surface area contributed by atoms with Crippen LogP contribution in [0.25, 0.3) is 0 Å². The van der Waals surface area contributed by atoms with E-state index in [1.807, 2.05) is 6.92 Å². The van der Waals surface area contributed by atoms with Gasteiger partial charge in [-0.2, -0.15) is 13.2 Å². The summed E-state index contributed by atoms with van der Waals surface area (Å²) in [5, 5.41) is 2.73. The molecule has 0 heterocycles. The molecule has 0 aliphatic heterocycles. The van der Waals surface area contributed by atoms with Gasteiger partial charge in [-0.3, -0.25) is 13.9 Å². The first-order chi connectivity index (χ1) is 23.2. The normalized spacial score (nSPS) is 12.3. The molecule has 4 aromatic rings. The largest absolute Gasteiger partial charge is 0.417 e. The molecule has 0 saturated heterocycles. The van der Waals surface area contributed by atoms with Gasteiger partial charge in [0.15, 0.2) is 0 Å². The summed E-state index contributed by atoms with van der Waals surface area (Å²) in [7, 11) is -4.64. The molecular weight excluding hydrogens is 722 g/mol. The Morgan fingerprint density at radius 1 is 0.857 bits per heavy atom. The third-order valence-corrected chi connectivity index (χ3v) is 10.3. The van der Waals surface area contributed by atoms with E-state index in [0.717, 1.165) is 18.6 Å². The lowest BCUT2D eigenvalue weighted by atomic mass is 10.0. The summed E-state index contributed by atoms with van der Waals surface area (Å²) in [6.07, 6.45) is -3.42. The molecule has 260 valence electrons. The van der Waals surface area contributed by atoms with E-state index in [-0.39, 0.29) is 22.9 Å². The van der Waals surface area contributed by atoms with Gasteiger partial charge in [0.05, 0.1) is 21.2 Å². The van der Waals surface area contributed by atoms with E-state index in [9.17, 15) is 31.2 Å². The molecule has 0 aromatic heterocycles. The molecule has 0 radical (unpaired) electrons. The van der Waals surface area contributed by atoms with Crippen LogP contribution in [0.1, 0.15) is 36.5 Å². The van der Waals surface area contributed by atoms with Gasteiger partial charge in [0.25, 0.3) is 10.0 Å². The van der Waals surface area contributed by atoms with Crippen LogP contribution in [0.4, 0.5) is 18.9 Å². The van der Waals surface area contributed by atoms with Crippen LogP contribution in [0.15, 0.2) is 102 Å². The molecule has 1 N–H and O–H groups in total. The lowest BCUT2D eigenvalue weighted by Gasteiger charge is -2.34. The molecule has 49 heavy (non-hydrogen) atoms. The van der Waals surface area contributed by atoms with Crippen molar-refractivity contribution in [2.45, 2.75) is 49.8 Å². The molecule has 0 aliphatic carbocycles. The van der Waals surface area contributed by atoms with Crippen molar-refractivity contribution >= 4 is 62.3 Å². The average Bonchev–Trinajstić information content (AvgIpc) is 3.06.